The van der Waals surface area contributed by atoms with Gasteiger partial charge in [-0.2, -0.15) is 0 Å². The molecule has 150 valence electrons. The van der Waals surface area contributed by atoms with Gasteiger partial charge in [0.15, 0.2) is 0 Å². The van der Waals surface area contributed by atoms with Crippen molar-refractivity contribution in [2.24, 2.45) is 5.92 Å². The summed E-state index contributed by atoms with van der Waals surface area (Å²) < 4.78 is 5.85. The van der Waals surface area contributed by atoms with Crippen molar-refractivity contribution in [3.05, 3.63) is 66.4 Å². The van der Waals surface area contributed by atoms with Crippen molar-refractivity contribution in [1.29, 1.82) is 0 Å². The number of likely N-dealkylation sites (tertiary alicyclic amines) is 1. The zero-order valence-corrected chi connectivity index (χ0v) is 16.4. The standard InChI is InChI=1S/C23H25N3O3/c1-16(21-15-18-7-5-6-10-20(18)29-21)24-22(27)17-11-13-26(14-12-17)23(28)25-19-8-3-2-4-9-19/h2-10,15-17H,11-14H2,1H3,(H,24,27)(H,25,28). The Kier molecular flexibility index (Phi) is 5.51. The van der Waals surface area contributed by atoms with Gasteiger partial charge in [0.1, 0.15) is 11.3 Å². The number of nitrogens with zero attached hydrogens (tertiary/aromatic N) is 1. The second kappa shape index (κ2) is 8.39. The molecule has 1 fully saturated rings. The maximum atomic E-state index is 12.7. The largest absolute Gasteiger partial charge is 0.459 e. The number of hydrogen-bond donors (Lipinski definition) is 2. The summed E-state index contributed by atoms with van der Waals surface area (Å²) in [5.74, 6) is 0.669. The first-order chi connectivity index (χ1) is 14.1. The fraction of sp³-hybridized carbons (Fsp3) is 0.304. The molecular weight excluding hydrogens is 366 g/mol. The topological polar surface area (TPSA) is 74.6 Å². The van der Waals surface area contributed by atoms with Gasteiger partial charge in [0.05, 0.1) is 6.04 Å². The van der Waals surface area contributed by atoms with Crippen LogP contribution in [0.3, 0.4) is 0 Å². The van der Waals surface area contributed by atoms with E-state index in [9.17, 15) is 9.59 Å². The van der Waals surface area contributed by atoms with E-state index in [2.05, 4.69) is 10.6 Å². The van der Waals surface area contributed by atoms with Gasteiger partial charge in [0.2, 0.25) is 5.91 Å². The summed E-state index contributed by atoms with van der Waals surface area (Å²) in [5, 5.41) is 6.98. The highest BCUT2D eigenvalue weighted by Gasteiger charge is 2.28. The summed E-state index contributed by atoms with van der Waals surface area (Å²) in [6.07, 6.45) is 1.31. The Morgan fingerprint density at radius 2 is 1.72 bits per heavy atom. The van der Waals surface area contributed by atoms with Gasteiger partial charge in [0.25, 0.3) is 0 Å². The number of para-hydroxylation sites is 2. The lowest BCUT2D eigenvalue weighted by molar-refractivity contribution is -0.127. The molecule has 0 aliphatic carbocycles. The number of rotatable bonds is 4. The lowest BCUT2D eigenvalue weighted by Gasteiger charge is -2.31. The molecule has 0 radical (unpaired) electrons. The maximum Gasteiger partial charge on any atom is 0.321 e. The summed E-state index contributed by atoms with van der Waals surface area (Å²) >= 11 is 0. The third-order valence-corrected chi connectivity index (χ3v) is 5.41. The molecule has 1 saturated heterocycles. The second-order valence-corrected chi connectivity index (χ2v) is 7.47. The van der Waals surface area contributed by atoms with Crippen LogP contribution in [0, 0.1) is 5.92 Å². The number of carbonyl (C=O) groups is 2. The van der Waals surface area contributed by atoms with E-state index < -0.39 is 0 Å². The molecule has 1 aliphatic rings. The Morgan fingerprint density at radius 1 is 1.03 bits per heavy atom. The van der Waals surface area contributed by atoms with Crippen molar-refractivity contribution >= 4 is 28.6 Å². The molecule has 2 heterocycles. The van der Waals surface area contributed by atoms with Crippen LogP contribution >= 0.6 is 0 Å². The zero-order chi connectivity index (χ0) is 20.2. The van der Waals surface area contributed by atoms with Crippen LogP contribution in [-0.4, -0.2) is 29.9 Å². The van der Waals surface area contributed by atoms with Crippen molar-refractivity contribution in [2.75, 3.05) is 18.4 Å². The van der Waals surface area contributed by atoms with Crippen LogP contribution in [0.5, 0.6) is 0 Å². The Balaban J connectivity index is 1.29. The lowest BCUT2D eigenvalue weighted by Crippen LogP contribution is -2.44. The summed E-state index contributed by atoms with van der Waals surface area (Å²) in [6.45, 7) is 3.06. The van der Waals surface area contributed by atoms with Gasteiger partial charge < -0.3 is 20.0 Å². The van der Waals surface area contributed by atoms with Crippen LogP contribution in [0.4, 0.5) is 10.5 Å². The number of benzene rings is 2. The van der Waals surface area contributed by atoms with Crippen LogP contribution in [0.25, 0.3) is 11.0 Å². The van der Waals surface area contributed by atoms with Gasteiger partial charge in [-0.3, -0.25) is 4.79 Å². The highest BCUT2D eigenvalue weighted by atomic mass is 16.3. The number of furan rings is 1. The van der Waals surface area contributed by atoms with E-state index in [1.165, 1.54) is 0 Å². The van der Waals surface area contributed by atoms with E-state index in [-0.39, 0.29) is 23.9 Å². The quantitative estimate of drug-likeness (QED) is 0.685. The molecule has 4 rings (SSSR count). The predicted molar refractivity (Wildman–Crippen MR) is 113 cm³/mol. The molecule has 1 aromatic heterocycles. The van der Waals surface area contributed by atoms with E-state index in [4.69, 9.17) is 4.42 Å². The molecule has 0 saturated carbocycles. The van der Waals surface area contributed by atoms with Gasteiger partial charge in [-0.25, -0.2) is 4.79 Å². The van der Waals surface area contributed by atoms with E-state index in [1.807, 2.05) is 67.6 Å². The van der Waals surface area contributed by atoms with Crippen molar-refractivity contribution in [3.8, 4) is 0 Å². The smallest absolute Gasteiger partial charge is 0.321 e. The Labute approximate surface area is 169 Å². The zero-order valence-electron chi connectivity index (χ0n) is 16.4. The first kappa shape index (κ1) is 19.1. The van der Waals surface area contributed by atoms with Gasteiger partial charge in [-0.1, -0.05) is 36.4 Å². The fourth-order valence-corrected chi connectivity index (χ4v) is 3.69. The average Bonchev–Trinajstić information content (AvgIpc) is 3.19. The molecule has 6 nitrogen and oxygen atoms in total. The van der Waals surface area contributed by atoms with Crippen molar-refractivity contribution in [3.63, 3.8) is 0 Å². The SMILES string of the molecule is CC(NC(=O)C1CCN(C(=O)Nc2ccccc2)CC1)c1cc2ccccc2o1. The number of urea groups is 1. The molecule has 1 atom stereocenters. The monoisotopic (exact) mass is 391 g/mol. The Hall–Kier alpha value is -3.28. The number of amides is 3. The summed E-state index contributed by atoms with van der Waals surface area (Å²) in [7, 11) is 0. The second-order valence-electron chi connectivity index (χ2n) is 7.47. The molecule has 1 unspecified atom stereocenters. The molecule has 3 amide bonds. The average molecular weight is 391 g/mol. The van der Waals surface area contributed by atoms with Gasteiger partial charge >= 0.3 is 6.03 Å². The minimum atomic E-state index is -0.200. The van der Waals surface area contributed by atoms with E-state index in [0.717, 1.165) is 22.4 Å². The fourth-order valence-electron chi connectivity index (χ4n) is 3.69. The number of hydrogen-bond acceptors (Lipinski definition) is 3. The molecule has 0 bridgehead atoms. The third kappa shape index (κ3) is 4.42. The maximum absolute atomic E-state index is 12.7. The first-order valence-corrected chi connectivity index (χ1v) is 10.00. The molecule has 1 aliphatic heterocycles. The Bertz CT molecular complexity index is 958. The van der Waals surface area contributed by atoms with Crippen molar-refractivity contribution < 1.29 is 14.0 Å². The van der Waals surface area contributed by atoms with Crippen molar-refractivity contribution in [1.82, 2.24) is 10.2 Å². The number of anilines is 1. The molecule has 29 heavy (non-hydrogen) atoms. The van der Waals surface area contributed by atoms with Crippen LogP contribution in [0.2, 0.25) is 0 Å². The van der Waals surface area contributed by atoms with E-state index >= 15 is 0 Å². The number of nitrogens with one attached hydrogen (secondary N) is 2. The molecule has 3 aromatic rings. The summed E-state index contributed by atoms with van der Waals surface area (Å²) in [5.41, 5.74) is 1.60. The first-order valence-electron chi connectivity index (χ1n) is 10.00. The minimum absolute atomic E-state index is 0.0149. The van der Waals surface area contributed by atoms with Crippen LogP contribution in [0.15, 0.2) is 65.1 Å². The van der Waals surface area contributed by atoms with Crippen LogP contribution in [-0.2, 0) is 4.79 Å². The highest BCUT2D eigenvalue weighted by molar-refractivity contribution is 5.89. The van der Waals surface area contributed by atoms with Crippen molar-refractivity contribution in [2.45, 2.75) is 25.8 Å². The van der Waals surface area contributed by atoms with Crippen LogP contribution in [0.1, 0.15) is 31.6 Å². The van der Waals surface area contributed by atoms with E-state index in [1.54, 1.807) is 4.90 Å². The van der Waals surface area contributed by atoms with Gasteiger partial charge in [0, 0.05) is 30.1 Å². The molecule has 2 aromatic carbocycles. The number of fused-ring (bicyclic) bond motifs is 1. The Morgan fingerprint density at radius 3 is 2.45 bits per heavy atom. The van der Waals surface area contributed by atoms with Gasteiger partial charge in [-0.15, -0.1) is 0 Å². The minimum Gasteiger partial charge on any atom is -0.459 e. The summed E-state index contributed by atoms with van der Waals surface area (Å²) in [6, 6.07) is 18.9. The van der Waals surface area contributed by atoms with Gasteiger partial charge in [-0.05, 0) is 44.0 Å². The van der Waals surface area contributed by atoms with Crippen LogP contribution < -0.4 is 10.6 Å². The van der Waals surface area contributed by atoms with E-state index in [0.29, 0.717) is 25.9 Å². The molecule has 0 spiro atoms. The molecular formula is C23H25N3O3. The summed E-state index contributed by atoms with van der Waals surface area (Å²) in [4.78, 5) is 26.8. The lowest BCUT2D eigenvalue weighted by atomic mass is 9.95. The normalized spacial score (nSPS) is 15.8. The molecule has 2 N–H and O–H groups in total. The number of carbonyl (C=O) groups excluding carboxylic acids is 2. The number of piperidine rings is 1. The third-order valence-electron chi connectivity index (χ3n) is 5.41. The molecule has 6 heteroatoms. The predicted octanol–water partition coefficient (Wildman–Crippen LogP) is 4.55. The highest BCUT2D eigenvalue weighted by Crippen LogP contribution is 2.25.